The Labute approximate surface area is 161 Å². The maximum Gasteiger partial charge on any atom is 0.258 e. The minimum atomic E-state index is -0.00207. The summed E-state index contributed by atoms with van der Waals surface area (Å²) in [6, 6.07) is 17.6. The highest BCUT2D eigenvalue weighted by atomic mass is 16.1. The standard InChI is InChI=1S/C23H18N4O/c1-27-13-21(17-7-2-3-8-18(17)23(27)28)20-12-26-22-19(20)10-15(11-25-22)14-5-4-6-16(24)9-14/h2-13H,24H2,1H3,(H,25,26). The predicted octanol–water partition coefficient (Wildman–Crippen LogP) is 4.33. The summed E-state index contributed by atoms with van der Waals surface area (Å²) in [7, 11) is 1.78. The van der Waals surface area contributed by atoms with Crippen molar-refractivity contribution in [1.29, 1.82) is 0 Å². The Morgan fingerprint density at radius 1 is 0.929 bits per heavy atom. The number of H-pyrrole nitrogens is 1. The minimum Gasteiger partial charge on any atom is -0.399 e. The van der Waals surface area contributed by atoms with Crippen LogP contribution >= 0.6 is 0 Å². The number of fused-ring (bicyclic) bond motifs is 2. The van der Waals surface area contributed by atoms with Crippen LogP contribution in [0.3, 0.4) is 0 Å². The van der Waals surface area contributed by atoms with Crippen molar-refractivity contribution in [3.8, 4) is 22.3 Å². The van der Waals surface area contributed by atoms with E-state index in [2.05, 4.69) is 16.0 Å². The first-order valence-electron chi connectivity index (χ1n) is 9.03. The zero-order valence-corrected chi connectivity index (χ0v) is 15.3. The molecule has 0 aliphatic rings. The van der Waals surface area contributed by atoms with E-state index >= 15 is 0 Å². The van der Waals surface area contributed by atoms with Crippen LogP contribution in [0.2, 0.25) is 0 Å². The number of rotatable bonds is 2. The van der Waals surface area contributed by atoms with Gasteiger partial charge >= 0.3 is 0 Å². The van der Waals surface area contributed by atoms with Crippen molar-refractivity contribution in [3.05, 3.63) is 83.5 Å². The fourth-order valence-corrected chi connectivity index (χ4v) is 3.73. The molecule has 136 valence electrons. The van der Waals surface area contributed by atoms with Crippen LogP contribution in [-0.2, 0) is 7.05 Å². The van der Waals surface area contributed by atoms with Gasteiger partial charge < -0.3 is 15.3 Å². The highest BCUT2D eigenvalue weighted by Gasteiger charge is 2.14. The minimum absolute atomic E-state index is 0.00207. The van der Waals surface area contributed by atoms with Crippen LogP contribution in [0.1, 0.15) is 0 Å². The molecule has 0 radical (unpaired) electrons. The molecular formula is C23H18N4O. The Morgan fingerprint density at radius 3 is 2.57 bits per heavy atom. The SMILES string of the molecule is Cn1cc(-c2c[nH]c3ncc(-c4cccc(N)c4)cc23)c2ccccc2c1=O. The van der Waals surface area contributed by atoms with Crippen molar-refractivity contribution in [2.75, 3.05) is 5.73 Å². The van der Waals surface area contributed by atoms with E-state index < -0.39 is 0 Å². The number of aromatic amines is 1. The molecule has 3 heterocycles. The summed E-state index contributed by atoms with van der Waals surface area (Å²) in [4.78, 5) is 20.4. The zero-order chi connectivity index (χ0) is 19.3. The average molecular weight is 366 g/mol. The number of aromatic nitrogens is 3. The van der Waals surface area contributed by atoms with Crippen LogP contribution in [0.4, 0.5) is 5.69 Å². The number of anilines is 1. The largest absolute Gasteiger partial charge is 0.399 e. The molecule has 3 aromatic heterocycles. The third-order valence-electron chi connectivity index (χ3n) is 5.13. The summed E-state index contributed by atoms with van der Waals surface area (Å²) < 4.78 is 1.63. The second-order valence-corrected chi connectivity index (χ2v) is 6.95. The molecule has 28 heavy (non-hydrogen) atoms. The van der Waals surface area contributed by atoms with Crippen LogP contribution < -0.4 is 11.3 Å². The van der Waals surface area contributed by atoms with Gasteiger partial charge in [0.2, 0.25) is 0 Å². The molecule has 5 nitrogen and oxygen atoms in total. The first-order chi connectivity index (χ1) is 13.6. The third kappa shape index (κ3) is 2.48. The van der Waals surface area contributed by atoms with E-state index in [4.69, 9.17) is 5.73 Å². The monoisotopic (exact) mass is 366 g/mol. The summed E-state index contributed by atoms with van der Waals surface area (Å²) >= 11 is 0. The molecule has 2 aromatic carbocycles. The highest BCUT2D eigenvalue weighted by molar-refractivity contribution is 6.04. The summed E-state index contributed by atoms with van der Waals surface area (Å²) in [6.45, 7) is 0. The van der Waals surface area contributed by atoms with Gasteiger partial charge in [0.25, 0.3) is 5.56 Å². The number of nitrogens with zero attached hydrogens (tertiary/aromatic N) is 2. The molecule has 5 rings (SSSR count). The molecule has 3 N–H and O–H groups in total. The van der Waals surface area contributed by atoms with Crippen LogP contribution in [0.5, 0.6) is 0 Å². The Balaban J connectivity index is 1.79. The lowest BCUT2D eigenvalue weighted by Crippen LogP contribution is -2.16. The Morgan fingerprint density at radius 2 is 1.75 bits per heavy atom. The third-order valence-corrected chi connectivity index (χ3v) is 5.13. The smallest absolute Gasteiger partial charge is 0.258 e. The maximum atomic E-state index is 12.5. The molecule has 0 atom stereocenters. The van der Waals surface area contributed by atoms with Gasteiger partial charge in [-0.05, 0) is 35.2 Å². The number of pyridine rings is 2. The van der Waals surface area contributed by atoms with Crippen molar-refractivity contribution in [2.24, 2.45) is 7.05 Å². The van der Waals surface area contributed by atoms with Crippen molar-refractivity contribution < 1.29 is 0 Å². The Hall–Kier alpha value is -3.86. The van der Waals surface area contributed by atoms with E-state index in [0.717, 1.165) is 44.4 Å². The summed E-state index contributed by atoms with van der Waals surface area (Å²) in [6.07, 6.45) is 5.68. The van der Waals surface area contributed by atoms with E-state index in [1.54, 1.807) is 11.6 Å². The van der Waals surface area contributed by atoms with Gasteiger partial charge in [0.15, 0.2) is 0 Å². The van der Waals surface area contributed by atoms with Gasteiger partial charge in [0.1, 0.15) is 5.65 Å². The van der Waals surface area contributed by atoms with Crippen LogP contribution in [0.25, 0.3) is 44.1 Å². The van der Waals surface area contributed by atoms with Crippen molar-refractivity contribution in [1.82, 2.24) is 14.5 Å². The van der Waals surface area contributed by atoms with E-state index in [0.29, 0.717) is 5.39 Å². The number of nitrogens with one attached hydrogen (secondary N) is 1. The molecule has 0 bridgehead atoms. The summed E-state index contributed by atoms with van der Waals surface area (Å²) in [5, 5.41) is 2.64. The fourth-order valence-electron chi connectivity index (χ4n) is 3.73. The normalized spacial score (nSPS) is 11.3. The van der Waals surface area contributed by atoms with Crippen molar-refractivity contribution in [2.45, 2.75) is 0 Å². The molecule has 0 saturated heterocycles. The Bertz CT molecular complexity index is 1410. The number of hydrogen-bond acceptors (Lipinski definition) is 3. The molecule has 0 aliphatic heterocycles. The van der Waals surface area contributed by atoms with Gasteiger partial charge in [-0.1, -0.05) is 30.3 Å². The molecule has 0 aliphatic carbocycles. The molecule has 0 unspecified atom stereocenters. The topological polar surface area (TPSA) is 76.7 Å². The first kappa shape index (κ1) is 16.3. The Kier molecular flexibility index (Phi) is 3.55. The van der Waals surface area contributed by atoms with Gasteiger partial charge in [0.05, 0.1) is 0 Å². The van der Waals surface area contributed by atoms with E-state index in [1.807, 2.05) is 67.1 Å². The van der Waals surface area contributed by atoms with Gasteiger partial charge in [0, 0.05) is 58.8 Å². The summed E-state index contributed by atoms with van der Waals surface area (Å²) in [5.74, 6) is 0. The van der Waals surface area contributed by atoms with Crippen LogP contribution in [0.15, 0.2) is 78.0 Å². The quantitative estimate of drug-likeness (QED) is 0.457. The lowest BCUT2D eigenvalue weighted by molar-refractivity contribution is 0.875. The van der Waals surface area contributed by atoms with Crippen molar-refractivity contribution >= 4 is 27.5 Å². The average Bonchev–Trinajstić information content (AvgIpc) is 3.14. The van der Waals surface area contributed by atoms with Crippen LogP contribution in [-0.4, -0.2) is 14.5 Å². The number of aryl methyl sites for hydroxylation is 1. The van der Waals surface area contributed by atoms with Gasteiger partial charge in [-0.25, -0.2) is 4.98 Å². The van der Waals surface area contributed by atoms with E-state index in [-0.39, 0.29) is 5.56 Å². The highest BCUT2D eigenvalue weighted by Crippen LogP contribution is 2.34. The number of benzene rings is 2. The fraction of sp³-hybridized carbons (Fsp3) is 0.0435. The number of hydrogen-bond donors (Lipinski definition) is 2. The molecule has 0 fully saturated rings. The van der Waals surface area contributed by atoms with Gasteiger partial charge in [-0.3, -0.25) is 4.79 Å². The van der Waals surface area contributed by atoms with Crippen molar-refractivity contribution in [3.63, 3.8) is 0 Å². The van der Waals surface area contributed by atoms with E-state index in [9.17, 15) is 4.79 Å². The molecule has 5 heteroatoms. The lowest BCUT2D eigenvalue weighted by atomic mass is 9.99. The molecule has 0 spiro atoms. The second kappa shape index (κ2) is 6.09. The maximum absolute atomic E-state index is 12.5. The van der Waals surface area contributed by atoms with Crippen LogP contribution in [0, 0.1) is 0 Å². The number of nitrogen functional groups attached to an aromatic ring is 1. The molecular weight excluding hydrogens is 348 g/mol. The second-order valence-electron chi connectivity index (χ2n) is 6.95. The first-order valence-corrected chi connectivity index (χ1v) is 9.03. The van der Waals surface area contributed by atoms with Gasteiger partial charge in [-0.15, -0.1) is 0 Å². The van der Waals surface area contributed by atoms with Gasteiger partial charge in [-0.2, -0.15) is 0 Å². The predicted molar refractivity (Wildman–Crippen MR) is 114 cm³/mol. The number of nitrogens with two attached hydrogens (primary N) is 1. The summed E-state index contributed by atoms with van der Waals surface area (Å²) in [5.41, 5.74) is 11.5. The zero-order valence-electron chi connectivity index (χ0n) is 15.3. The van der Waals surface area contributed by atoms with E-state index in [1.165, 1.54) is 0 Å². The molecule has 0 amide bonds. The lowest BCUT2D eigenvalue weighted by Gasteiger charge is -2.09. The molecule has 5 aromatic rings. The molecule has 0 saturated carbocycles.